The highest BCUT2D eigenvalue weighted by atomic mass is 16.5. The van der Waals surface area contributed by atoms with Crippen LogP contribution in [0.4, 0.5) is 0 Å². The molecular formula is C18H20N2O3. The van der Waals surface area contributed by atoms with Gasteiger partial charge in [-0.25, -0.2) is 5.43 Å². The van der Waals surface area contributed by atoms with Crippen LogP contribution in [-0.2, 0) is 0 Å². The van der Waals surface area contributed by atoms with Gasteiger partial charge in [-0.2, -0.15) is 5.10 Å². The van der Waals surface area contributed by atoms with E-state index in [0.717, 1.165) is 5.56 Å². The summed E-state index contributed by atoms with van der Waals surface area (Å²) in [6.45, 7) is 4.75. The van der Waals surface area contributed by atoms with E-state index >= 15 is 0 Å². The summed E-state index contributed by atoms with van der Waals surface area (Å²) in [6.07, 6.45) is 1.52. The first-order valence-electron chi connectivity index (χ1n) is 7.41. The van der Waals surface area contributed by atoms with E-state index in [1.807, 2.05) is 24.3 Å². The number of hydrogen-bond donors (Lipinski definition) is 2. The molecule has 0 radical (unpaired) electrons. The lowest BCUT2D eigenvalue weighted by Gasteiger charge is -2.10. The molecule has 0 saturated heterocycles. The van der Waals surface area contributed by atoms with Crippen LogP contribution in [0.25, 0.3) is 0 Å². The van der Waals surface area contributed by atoms with E-state index in [4.69, 9.17) is 4.74 Å². The number of nitrogens with zero attached hydrogens (tertiary/aromatic N) is 1. The van der Waals surface area contributed by atoms with E-state index in [0.29, 0.717) is 18.3 Å². The molecule has 0 aromatic heterocycles. The first-order chi connectivity index (χ1) is 11.1. The van der Waals surface area contributed by atoms with E-state index in [1.165, 1.54) is 18.3 Å². The zero-order valence-corrected chi connectivity index (χ0v) is 13.2. The molecule has 0 spiro atoms. The summed E-state index contributed by atoms with van der Waals surface area (Å²) >= 11 is 0. The fraction of sp³-hybridized carbons (Fsp3) is 0.222. The van der Waals surface area contributed by atoms with Gasteiger partial charge in [0.2, 0.25) is 0 Å². The molecule has 2 N–H and O–H groups in total. The second-order valence-corrected chi connectivity index (χ2v) is 5.46. The van der Waals surface area contributed by atoms with E-state index < -0.39 is 5.91 Å². The second kappa shape index (κ2) is 7.98. The molecule has 120 valence electrons. The lowest BCUT2D eigenvalue weighted by Crippen LogP contribution is -2.17. The van der Waals surface area contributed by atoms with Crippen molar-refractivity contribution in [3.63, 3.8) is 0 Å². The van der Waals surface area contributed by atoms with Crippen LogP contribution in [0.1, 0.15) is 29.8 Å². The highest BCUT2D eigenvalue weighted by Gasteiger charge is 2.08. The Morgan fingerprint density at radius 2 is 1.91 bits per heavy atom. The van der Waals surface area contributed by atoms with Crippen molar-refractivity contribution in [2.75, 3.05) is 6.61 Å². The summed E-state index contributed by atoms with van der Waals surface area (Å²) in [4.78, 5) is 11.9. The molecule has 5 heteroatoms. The lowest BCUT2D eigenvalue weighted by atomic mass is 10.2. The molecule has 23 heavy (non-hydrogen) atoms. The van der Waals surface area contributed by atoms with Gasteiger partial charge in [-0.05, 0) is 30.2 Å². The topological polar surface area (TPSA) is 70.9 Å². The van der Waals surface area contributed by atoms with Gasteiger partial charge in [-0.1, -0.05) is 38.1 Å². The van der Waals surface area contributed by atoms with Gasteiger partial charge in [0.1, 0.15) is 11.5 Å². The minimum absolute atomic E-state index is 0.0825. The summed E-state index contributed by atoms with van der Waals surface area (Å²) in [5, 5.41) is 13.6. The fourth-order valence-corrected chi connectivity index (χ4v) is 1.86. The highest BCUT2D eigenvalue weighted by Crippen LogP contribution is 2.17. The van der Waals surface area contributed by atoms with Crippen LogP contribution in [0, 0.1) is 5.92 Å². The van der Waals surface area contributed by atoms with Crippen molar-refractivity contribution in [1.29, 1.82) is 0 Å². The number of para-hydroxylation sites is 2. The Morgan fingerprint density at radius 3 is 2.65 bits per heavy atom. The van der Waals surface area contributed by atoms with Crippen molar-refractivity contribution in [3.05, 3.63) is 59.7 Å². The number of phenols is 1. The van der Waals surface area contributed by atoms with Crippen molar-refractivity contribution in [2.24, 2.45) is 11.0 Å². The highest BCUT2D eigenvalue weighted by molar-refractivity contribution is 5.97. The molecule has 0 heterocycles. The molecular weight excluding hydrogens is 292 g/mol. The van der Waals surface area contributed by atoms with Gasteiger partial charge in [-0.3, -0.25) is 4.79 Å². The van der Waals surface area contributed by atoms with Crippen LogP contribution in [0.3, 0.4) is 0 Å². The van der Waals surface area contributed by atoms with Crippen molar-refractivity contribution in [3.8, 4) is 11.5 Å². The minimum atomic E-state index is -0.472. The number of benzene rings is 2. The molecule has 2 aromatic carbocycles. The SMILES string of the molecule is CC(C)COc1ccccc1/C=N\NC(=O)c1ccccc1O. The number of rotatable bonds is 6. The normalized spacial score (nSPS) is 10.9. The second-order valence-electron chi connectivity index (χ2n) is 5.46. The van der Waals surface area contributed by atoms with Crippen LogP contribution < -0.4 is 10.2 Å². The van der Waals surface area contributed by atoms with Gasteiger partial charge in [0.25, 0.3) is 5.91 Å². The number of ether oxygens (including phenoxy) is 1. The van der Waals surface area contributed by atoms with Crippen LogP contribution in [0.2, 0.25) is 0 Å². The monoisotopic (exact) mass is 312 g/mol. The average Bonchev–Trinajstić information content (AvgIpc) is 2.54. The molecule has 0 bridgehead atoms. The largest absolute Gasteiger partial charge is 0.507 e. The van der Waals surface area contributed by atoms with E-state index in [1.54, 1.807) is 12.1 Å². The third-order valence-corrected chi connectivity index (χ3v) is 3.01. The van der Waals surface area contributed by atoms with Gasteiger partial charge in [0.15, 0.2) is 0 Å². The number of nitrogens with one attached hydrogen (secondary N) is 1. The van der Waals surface area contributed by atoms with Crippen molar-refractivity contribution < 1.29 is 14.6 Å². The van der Waals surface area contributed by atoms with Crippen molar-refractivity contribution >= 4 is 12.1 Å². The Balaban J connectivity index is 2.03. The first kappa shape index (κ1) is 16.5. The standard InChI is InChI=1S/C18H20N2O3/c1-13(2)12-23-17-10-6-3-7-14(17)11-19-20-18(22)15-8-4-5-9-16(15)21/h3-11,13,21H,12H2,1-2H3,(H,20,22)/b19-11-. The average molecular weight is 312 g/mol. The van der Waals surface area contributed by atoms with Crippen LogP contribution >= 0.6 is 0 Å². The Labute approximate surface area is 135 Å². The Bertz CT molecular complexity index is 696. The molecule has 0 saturated carbocycles. The van der Waals surface area contributed by atoms with Crippen LogP contribution in [-0.4, -0.2) is 23.8 Å². The maximum absolute atomic E-state index is 11.9. The summed E-state index contributed by atoms with van der Waals surface area (Å²) < 4.78 is 5.72. The molecule has 0 unspecified atom stereocenters. The summed E-state index contributed by atoms with van der Waals surface area (Å²) in [7, 11) is 0. The summed E-state index contributed by atoms with van der Waals surface area (Å²) in [5.41, 5.74) is 3.34. The summed E-state index contributed by atoms with van der Waals surface area (Å²) in [5.74, 6) is 0.573. The molecule has 0 fully saturated rings. The number of carbonyl (C=O) groups is 1. The van der Waals surface area contributed by atoms with Crippen molar-refractivity contribution in [2.45, 2.75) is 13.8 Å². The lowest BCUT2D eigenvalue weighted by molar-refractivity contribution is 0.0952. The summed E-state index contributed by atoms with van der Waals surface area (Å²) in [6, 6.07) is 13.8. The number of hydrogen-bond acceptors (Lipinski definition) is 4. The van der Waals surface area contributed by atoms with Gasteiger partial charge in [0.05, 0.1) is 18.4 Å². The van der Waals surface area contributed by atoms with Gasteiger partial charge < -0.3 is 9.84 Å². The fourth-order valence-electron chi connectivity index (χ4n) is 1.86. The van der Waals surface area contributed by atoms with Gasteiger partial charge in [-0.15, -0.1) is 0 Å². The smallest absolute Gasteiger partial charge is 0.275 e. The Morgan fingerprint density at radius 1 is 1.22 bits per heavy atom. The zero-order valence-electron chi connectivity index (χ0n) is 13.2. The maximum Gasteiger partial charge on any atom is 0.275 e. The number of carbonyl (C=O) groups excluding carboxylic acids is 1. The number of aromatic hydroxyl groups is 1. The first-order valence-corrected chi connectivity index (χ1v) is 7.41. The molecule has 5 nitrogen and oxygen atoms in total. The molecule has 0 aliphatic heterocycles. The predicted molar refractivity (Wildman–Crippen MR) is 89.9 cm³/mol. The van der Waals surface area contributed by atoms with E-state index in [2.05, 4.69) is 24.4 Å². The molecule has 0 aliphatic rings. The van der Waals surface area contributed by atoms with Crippen LogP contribution in [0.5, 0.6) is 11.5 Å². The molecule has 1 amide bonds. The minimum Gasteiger partial charge on any atom is -0.507 e. The van der Waals surface area contributed by atoms with E-state index in [9.17, 15) is 9.90 Å². The zero-order chi connectivity index (χ0) is 16.7. The Kier molecular flexibility index (Phi) is 5.74. The van der Waals surface area contributed by atoms with Gasteiger partial charge >= 0.3 is 0 Å². The van der Waals surface area contributed by atoms with Crippen molar-refractivity contribution in [1.82, 2.24) is 5.43 Å². The predicted octanol–water partition coefficient (Wildman–Crippen LogP) is 3.19. The van der Waals surface area contributed by atoms with Crippen LogP contribution in [0.15, 0.2) is 53.6 Å². The Hall–Kier alpha value is -2.82. The number of hydrazone groups is 1. The molecule has 2 rings (SSSR count). The van der Waals surface area contributed by atoms with Gasteiger partial charge in [0, 0.05) is 5.56 Å². The molecule has 2 aromatic rings. The maximum atomic E-state index is 11.9. The number of phenolic OH excluding ortho intramolecular Hbond substituents is 1. The molecule has 0 aliphatic carbocycles. The quantitative estimate of drug-likeness (QED) is 0.635. The third kappa shape index (κ3) is 4.85. The van der Waals surface area contributed by atoms with E-state index in [-0.39, 0.29) is 11.3 Å². The molecule has 0 atom stereocenters. The third-order valence-electron chi connectivity index (χ3n) is 3.01. The number of amides is 1.